The van der Waals surface area contributed by atoms with Crippen molar-refractivity contribution < 1.29 is 27.8 Å². The molecule has 0 unspecified atom stereocenters. The van der Waals surface area contributed by atoms with Crippen molar-refractivity contribution in [2.45, 2.75) is 24.6 Å². The number of hydrogen-bond acceptors (Lipinski definition) is 2. The number of carbonyl (C=O) groups is 1. The number of aliphatic carboxylic acids is 1. The molecular formula is C17H13F3O3. The summed E-state index contributed by atoms with van der Waals surface area (Å²) in [6.45, 7) is 0. The molecule has 0 heterocycles. The van der Waals surface area contributed by atoms with Gasteiger partial charge in [-0.2, -0.15) is 0 Å². The maximum absolute atomic E-state index is 12.1. The van der Waals surface area contributed by atoms with Crippen molar-refractivity contribution in [3.8, 4) is 16.9 Å². The summed E-state index contributed by atoms with van der Waals surface area (Å²) in [7, 11) is 0. The van der Waals surface area contributed by atoms with E-state index in [0.29, 0.717) is 12.8 Å². The molecule has 0 saturated heterocycles. The number of alkyl halides is 3. The standard InChI is InChI=1S/C17H13F3O3/c18-17(19,20)23-14-7-3-12(4-8-14)11-1-5-13(6-2-11)16(9-10-16)15(21)22/h1-8H,9-10H2,(H,21,22). The zero-order chi connectivity index (χ0) is 16.7. The number of benzene rings is 2. The molecule has 2 aromatic rings. The monoisotopic (exact) mass is 322 g/mol. The van der Waals surface area contributed by atoms with Crippen molar-refractivity contribution in [3.63, 3.8) is 0 Å². The molecule has 0 amide bonds. The lowest BCUT2D eigenvalue weighted by atomic mass is 9.94. The lowest BCUT2D eigenvalue weighted by Crippen LogP contribution is -2.19. The molecule has 1 aliphatic rings. The summed E-state index contributed by atoms with van der Waals surface area (Å²) in [5.41, 5.74) is 1.52. The van der Waals surface area contributed by atoms with Gasteiger partial charge in [-0.1, -0.05) is 36.4 Å². The first-order valence-corrected chi connectivity index (χ1v) is 7.00. The maximum atomic E-state index is 12.1. The van der Waals surface area contributed by atoms with Crippen molar-refractivity contribution in [2.75, 3.05) is 0 Å². The zero-order valence-electron chi connectivity index (χ0n) is 11.9. The molecular weight excluding hydrogens is 309 g/mol. The Morgan fingerprint density at radius 1 is 0.957 bits per heavy atom. The Kier molecular flexibility index (Phi) is 3.55. The van der Waals surface area contributed by atoms with Crippen LogP contribution in [0.15, 0.2) is 48.5 Å². The van der Waals surface area contributed by atoms with E-state index in [2.05, 4.69) is 4.74 Å². The topological polar surface area (TPSA) is 46.5 Å². The number of halogens is 3. The zero-order valence-corrected chi connectivity index (χ0v) is 11.9. The van der Waals surface area contributed by atoms with Gasteiger partial charge in [0.05, 0.1) is 5.41 Å². The van der Waals surface area contributed by atoms with Gasteiger partial charge in [0.1, 0.15) is 5.75 Å². The summed E-state index contributed by atoms with van der Waals surface area (Å²) in [6.07, 6.45) is -3.45. The molecule has 120 valence electrons. The van der Waals surface area contributed by atoms with Gasteiger partial charge in [-0.15, -0.1) is 13.2 Å². The Morgan fingerprint density at radius 2 is 1.43 bits per heavy atom. The van der Waals surface area contributed by atoms with Crippen LogP contribution in [0.5, 0.6) is 5.75 Å². The van der Waals surface area contributed by atoms with Crippen molar-refractivity contribution in [1.82, 2.24) is 0 Å². The third-order valence-corrected chi connectivity index (χ3v) is 4.02. The first-order valence-electron chi connectivity index (χ1n) is 7.00. The van der Waals surface area contributed by atoms with Crippen LogP contribution in [0.2, 0.25) is 0 Å². The normalized spacial score (nSPS) is 16.0. The second-order valence-corrected chi connectivity index (χ2v) is 5.54. The lowest BCUT2D eigenvalue weighted by molar-refractivity contribution is -0.274. The summed E-state index contributed by atoms with van der Waals surface area (Å²) < 4.78 is 40.2. The van der Waals surface area contributed by atoms with Crippen LogP contribution in [0.25, 0.3) is 11.1 Å². The summed E-state index contributed by atoms with van der Waals surface area (Å²) in [6, 6.07) is 12.6. The molecule has 1 saturated carbocycles. The lowest BCUT2D eigenvalue weighted by Gasteiger charge is -2.12. The second kappa shape index (κ2) is 5.30. The van der Waals surface area contributed by atoms with Crippen molar-refractivity contribution in [3.05, 3.63) is 54.1 Å². The third kappa shape index (κ3) is 3.16. The minimum Gasteiger partial charge on any atom is -0.481 e. The van der Waals surface area contributed by atoms with Crippen LogP contribution >= 0.6 is 0 Å². The van der Waals surface area contributed by atoms with Gasteiger partial charge in [0.2, 0.25) is 0 Å². The van der Waals surface area contributed by atoms with Gasteiger partial charge >= 0.3 is 12.3 Å². The van der Waals surface area contributed by atoms with Gasteiger partial charge in [-0.05, 0) is 41.7 Å². The number of hydrogen-bond donors (Lipinski definition) is 1. The van der Waals surface area contributed by atoms with E-state index < -0.39 is 17.7 Å². The van der Waals surface area contributed by atoms with Crippen molar-refractivity contribution in [1.29, 1.82) is 0 Å². The first-order chi connectivity index (χ1) is 10.8. The molecule has 0 bridgehead atoms. The number of carboxylic acid groups (broad SMARTS) is 1. The Bertz CT molecular complexity index is 714. The Labute approximate surface area is 130 Å². The molecule has 0 aliphatic heterocycles. The quantitative estimate of drug-likeness (QED) is 0.909. The molecule has 0 spiro atoms. The molecule has 0 radical (unpaired) electrons. The largest absolute Gasteiger partial charge is 0.573 e. The smallest absolute Gasteiger partial charge is 0.481 e. The summed E-state index contributed by atoms with van der Waals surface area (Å²) >= 11 is 0. The van der Waals surface area contributed by atoms with Gasteiger partial charge < -0.3 is 9.84 Å². The molecule has 0 atom stereocenters. The number of rotatable bonds is 4. The first kappa shape index (κ1) is 15.4. The van der Waals surface area contributed by atoms with E-state index in [1.165, 1.54) is 24.3 Å². The molecule has 3 rings (SSSR count). The van der Waals surface area contributed by atoms with Crippen LogP contribution < -0.4 is 4.74 Å². The average molecular weight is 322 g/mol. The maximum Gasteiger partial charge on any atom is 0.573 e. The minimum absolute atomic E-state index is 0.277. The fourth-order valence-corrected chi connectivity index (χ4v) is 2.58. The molecule has 23 heavy (non-hydrogen) atoms. The van der Waals surface area contributed by atoms with Gasteiger partial charge in [0, 0.05) is 0 Å². The highest BCUT2D eigenvalue weighted by Gasteiger charge is 2.51. The fraction of sp³-hybridized carbons (Fsp3) is 0.235. The van der Waals surface area contributed by atoms with Gasteiger partial charge in [-0.3, -0.25) is 4.79 Å². The molecule has 2 aromatic carbocycles. The molecule has 1 aliphatic carbocycles. The average Bonchev–Trinajstić information content (AvgIpc) is 3.28. The highest BCUT2D eigenvalue weighted by molar-refractivity contribution is 5.85. The highest BCUT2D eigenvalue weighted by atomic mass is 19.4. The van der Waals surface area contributed by atoms with Crippen LogP contribution in [0.4, 0.5) is 13.2 Å². The highest BCUT2D eigenvalue weighted by Crippen LogP contribution is 2.48. The Hall–Kier alpha value is -2.50. The van der Waals surface area contributed by atoms with Crippen LogP contribution in [-0.4, -0.2) is 17.4 Å². The molecule has 1 N–H and O–H groups in total. The second-order valence-electron chi connectivity index (χ2n) is 5.54. The molecule has 0 aromatic heterocycles. The SMILES string of the molecule is O=C(O)C1(c2ccc(-c3ccc(OC(F)(F)F)cc3)cc2)CC1. The third-order valence-electron chi connectivity index (χ3n) is 4.02. The van der Waals surface area contributed by atoms with E-state index in [9.17, 15) is 23.1 Å². The Balaban J connectivity index is 1.79. The van der Waals surface area contributed by atoms with E-state index in [1.807, 2.05) is 0 Å². The van der Waals surface area contributed by atoms with E-state index in [-0.39, 0.29) is 5.75 Å². The van der Waals surface area contributed by atoms with Crippen molar-refractivity contribution >= 4 is 5.97 Å². The van der Waals surface area contributed by atoms with Crippen LogP contribution in [-0.2, 0) is 10.2 Å². The van der Waals surface area contributed by atoms with E-state index >= 15 is 0 Å². The van der Waals surface area contributed by atoms with Gasteiger partial charge in [0.15, 0.2) is 0 Å². The summed E-state index contributed by atoms with van der Waals surface area (Å²) in [5.74, 6) is -1.10. The number of ether oxygens (including phenoxy) is 1. The minimum atomic E-state index is -4.71. The van der Waals surface area contributed by atoms with E-state index in [1.54, 1.807) is 24.3 Å². The fourth-order valence-electron chi connectivity index (χ4n) is 2.58. The molecule has 1 fully saturated rings. The molecule has 6 heteroatoms. The van der Waals surface area contributed by atoms with Gasteiger partial charge in [0.25, 0.3) is 0 Å². The molecule has 3 nitrogen and oxygen atoms in total. The van der Waals surface area contributed by atoms with E-state index in [0.717, 1.165) is 16.7 Å². The van der Waals surface area contributed by atoms with Crippen LogP contribution in [0.3, 0.4) is 0 Å². The van der Waals surface area contributed by atoms with Gasteiger partial charge in [-0.25, -0.2) is 0 Å². The predicted octanol–water partition coefficient (Wildman–Crippen LogP) is 4.37. The van der Waals surface area contributed by atoms with Crippen LogP contribution in [0, 0.1) is 0 Å². The summed E-state index contributed by atoms with van der Waals surface area (Å²) in [4.78, 5) is 11.3. The van der Waals surface area contributed by atoms with Crippen molar-refractivity contribution in [2.24, 2.45) is 0 Å². The predicted molar refractivity (Wildman–Crippen MR) is 77.1 cm³/mol. The number of carboxylic acids is 1. The Morgan fingerprint density at radius 3 is 1.83 bits per heavy atom. The van der Waals surface area contributed by atoms with E-state index in [4.69, 9.17) is 0 Å². The van der Waals surface area contributed by atoms with Crippen LogP contribution in [0.1, 0.15) is 18.4 Å². The summed E-state index contributed by atoms with van der Waals surface area (Å²) in [5, 5.41) is 9.26.